The number of halogens is 4. The number of benzene rings is 1. The third-order valence-corrected chi connectivity index (χ3v) is 7.43. The van der Waals surface area contributed by atoms with Gasteiger partial charge in [0.05, 0.1) is 22.3 Å². The largest absolute Gasteiger partial charge is 0.352 e. The molecule has 2 saturated heterocycles. The minimum atomic E-state index is -0.178. The monoisotopic (exact) mass is 561 g/mol. The van der Waals surface area contributed by atoms with E-state index in [0.29, 0.717) is 39.6 Å². The quantitative estimate of drug-likeness (QED) is 0.405. The Hall–Kier alpha value is -1.55. The van der Waals surface area contributed by atoms with Crippen molar-refractivity contribution >= 4 is 65.0 Å². The van der Waals surface area contributed by atoms with Gasteiger partial charge >= 0.3 is 0 Å². The third-order valence-electron chi connectivity index (χ3n) is 6.69. The number of fused-ring (bicyclic) bond motifs is 1. The minimum absolute atomic E-state index is 0. The summed E-state index contributed by atoms with van der Waals surface area (Å²) in [7, 11) is 0. The molecule has 0 radical (unpaired) electrons. The van der Waals surface area contributed by atoms with Crippen molar-refractivity contribution in [2.45, 2.75) is 50.7 Å². The number of anilines is 1. The predicted molar refractivity (Wildman–Crippen MR) is 147 cm³/mol. The summed E-state index contributed by atoms with van der Waals surface area (Å²) in [6, 6.07) is 6.26. The maximum Gasteiger partial charge on any atom is 0.278 e. The molecule has 2 aliphatic rings. The summed E-state index contributed by atoms with van der Waals surface area (Å²) in [6.45, 7) is 4.77. The molecule has 0 saturated carbocycles. The molecule has 3 aromatic rings. The van der Waals surface area contributed by atoms with Crippen LogP contribution in [0.5, 0.6) is 0 Å². The first kappa shape index (κ1) is 28.0. The highest BCUT2D eigenvalue weighted by Crippen LogP contribution is 2.26. The van der Waals surface area contributed by atoms with Crippen molar-refractivity contribution in [1.82, 2.24) is 30.0 Å². The zero-order valence-corrected chi connectivity index (χ0v) is 22.4. The molecule has 8 nitrogen and oxygen atoms in total. The third kappa shape index (κ3) is 6.61. The molecule has 1 unspecified atom stereocenters. The molecule has 192 valence electrons. The Balaban J connectivity index is 0.00000171. The van der Waals surface area contributed by atoms with E-state index in [9.17, 15) is 4.79 Å². The second-order valence-electron chi connectivity index (χ2n) is 9.02. The normalized spacial score (nSPS) is 19.2. The van der Waals surface area contributed by atoms with Gasteiger partial charge in [-0.05, 0) is 49.9 Å². The van der Waals surface area contributed by atoms with Crippen LogP contribution in [0.1, 0.15) is 43.7 Å². The molecule has 12 heteroatoms. The molecule has 2 aromatic heterocycles. The van der Waals surface area contributed by atoms with Crippen LogP contribution in [0.15, 0.2) is 29.2 Å². The van der Waals surface area contributed by atoms with Gasteiger partial charge in [-0.15, -0.1) is 24.8 Å². The zero-order valence-electron chi connectivity index (χ0n) is 19.3. The number of H-pyrrole nitrogens is 1. The molecule has 0 aliphatic carbocycles. The Kier molecular flexibility index (Phi) is 10.1. The summed E-state index contributed by atoms with van der Waals surface area (Å²) in [6.07, 6.45) is 7.55. The van der Waals surface area contributed by atoms with E-state index in [1.54, 1.807) is 18.3 Å². The van der Waals surface area contributed by atoms with E-state index in [1.165, 1.54) is 19.3 Å². The molecular weight excluding hydrogens is 532 g/mol. The van der Waals surface area contributed by atoms with Crippen LogP contribution in [-0.2, 0) is 6.54 Å². The number of hydrogen-bond acceptors (Lipinski definition) is 6. The van der Waals surface area contributed by atoms with Crippen LogP contribution >= 0.6 is 48.0 Å². The zero-order chi connectivity index (χ0) is 22.8. The van der Waals surface area contributed by atoms with E-state index < -0.39 is 0 Å². The minimum Gasteiger partial charge on any atom is -0.352 e. The van der Waals surface area contributed by atoms with Crippen LogP contribution in [-0.4, -0.2) is 56.9 Å². The highest BCUT2D eigenvalue weighted by atomic mass is 35.5. The molecular formula is C23H31Cl4N7O. The Morgan fingerprint density at radius 2 is 1.89 bits per heavy atom. The van der Waals surface area contributed by atoms with Crippen molar-refractivity contribution in [1.29, 1.82) is 0 Å². The first-order valence-corrected chi connectivity index (χ1v) is 12.4. The van der Waals surface area contributed by atoms with Gasteiger partial charge in [0.2, 0.25) is 5.95 Å². The Bertz CT molecular complexity index is 1170. The molecule has 4 heterocycles. The van der Waals surface area contributed by atoms with Crippen LogP contribution in [0.25, 0.3) is 11.0 Å². The molecule has 0 spiro atoms. The lowest BCUT2D eigenvalue weighted by molar-refractivity contribution is 0.159. The highest BCUT2D eigenvalue weighted by molar-refractivity contribution is 6.42. The van der Waals surface area contributed by atoms with Gasteiger partial charge < -0.3 is 15.5 Å². The molecule has 35 heavy (non-hydrogen) atoms. The van der Waals surface area contributed by atoms with Crippen molar-refractivity contribution in [2.24, 2.45) is 0 Å². The van der Waals surface area contributed by atoms with Gasteiger partial charge in [0.1, 0.15) is 5.52 Å². The van der Waals surface area contributed by atoms with Crippen molar-refractivity contribution < 1.29 is 0 Å². The van der Waals surface area contributed by atoms with Gasteiger partial charge in [0.15, 0.2) is 5.52 Å². The number of nitrogens with one attached hydrogen (secondary N) is 3. The SMILES string of the molecule is Cl.Cl.O=c1[nH]c(NCc2ccc(Cl)c(Cl)c2)nc2cnn(C3CCN(CC4CCCCN4)CC3)c12. The summed E-state index contributed by atoms with van der Waals surface area (Å²) < 4.78 is 1.88. The van der Waals surface area contributed by atoms with Crippen LogP contribution in [0, 0.1) is 0 Å². The smallest absolute Gasteiger partial charge is 0.278 e. The highest BCUT2D eigenvalue weighted by Gasteiger charge is 2.26. The van der Waals surface area contributed by atoms with Gasteiger partial charge in [0.25, 0.3) is 5.56 Å². The first-order valence-electron chi connectivity index (χ1n) is 11.7. The van der Waals surface area contributed by atoms with E-state index in [2.05, 4.69) is 30.6 Å². The molecule has 5 rings (SSSR count). The first-order chi connectivity index (χ1) is 16.1. The molecule has 0 bridgehead atoms. The van der Waals surface area contributed by atoms with Crippen LogP contribution in [0.3, 0.4) is 0 Å². The summed E-state index contributed by atoms with van der Waals surface area (Å²) >= 11 is 12.1. The molecule has 0 amide bonds. The van der Waals surface area contributed by atoms with Crippen molar-refractivity contribution in [2.75, 3.05) is 31.5 Å². The summed E-state index contributed by atoms with van der Waals surface area (Å²) in [5.41, 5.74) is 1.91. The topological polar surface area (TPSA) is 90.9 Å². The Morgan fingerprint density at radius 3 is 2.60 bits per heavy atom. The Labute approximate surface area is 227 Å². The lowest BCUT2D eigenvalue weighted by Crippen LogP contribution is -2.46. The van der Waals surface area contributed by atoms with Crippen LogP contribution in [0.4, 0.5) is 5.95 Å². The molecule has 2 fully saturated rings. The van der Waals surface area contributed by atoms with Crippen LogP contribution < -0.4 is 16.2 Å². The average molecular weight is 563 g/mol. The predicted octanol–water partition coefficient (Wildman–Crippen LogP) is 4.66. The number of hydrogen-bond donors (Lipinski definition) is 3. The Morgan fingerprint density at radius 1 is 1.09 bits per heavy atom. The molecule has 3 N–H and O–H groups in total. The van der Waals surface area contributed by atoms with Gasteiger partial charge in [-0.3, -0.25) is 14.5 Å². The van der Waals surface area contributed by atoms with E-state index in [4.69, 9.17) is 23.2 Å². The van der Waals surface area contributed by atoms with Gasteiger partial charge in [-0.1, -0.05) is 35.7 Å². The van der Waals surface area contributed by atoms with E-state index in [0.717, 1.165) is 44.6 Å². The van der Waals surface area contributed by atoms with Gasteiger partial charge in [-0.25, -0.2) is 4.98 Å². The summed E-state index contributed by atoms with van der Waals surface area (Å²) in [4.78, 5) is 22.9. The number of nitrogens with zero attached hydrogens (tertiary/aromatic N) is 4. The number of aromatic nitrogens is 4. The fraction of sp³-hybridized carbons (Fsp3) is 0.522. The number of aromatic amines is 1. The summed E-state index contributed by atoms with van der Waals surface area (Å²) in [5, 5.41) is 12.3. The molecule has 2 aliphatic heterocycles. The fourth-order valence-electron chi connectivity index (χ4n) is 4.90. The molecule has 1 aromatic carbocycles. The fourth-order valence-corrected chi connectivity index (χ4v) is 5.23. The van der Waals surface area contributed by atoms with Gasteiger partial charge in [-0.2, -0.15) is 5.10 Å². The van der Waals surface area contributed by atoms with Crippen LogP contribution in [0.2, 0.25) is 10.0 Å². The second-order valence-corrected chi connectivity index (χ2v) is 9.83. The average Bonchev–Trinajstić information content (AvgIpc) is 3.26. The standard InChI is InChI=1S/C23H29Cl2N7O.2ClH/c24-18-5-4-15(11-19(18)25)12-27-23-29-20-13-28-32(21(20)22(33)30-23)17-6-9-31(10-7-17)14-16-3-1-2-8-26-16;;/h4-5,11,13,16-17,26H,1-3,6-10,12,14H2,(H2,27,29,30,33);2*1H. The van der Waals surface area contributed by atoms with E-state index in [-0.39, 0.29) is 36.4 Å². The lowest BCUT2D eigenvalue weighted by atomic mass is 10.0. The number of likely N-dealkylation sites (tertiary alicyclic amines) is 1. The summed E-state index contributed by atoms with van der Waals surface area (Å²) in [5.74, 6) is 0.410. The van der Waals surface area contributed by atoms with Crippen molar-refractivity contribution in [3.8, 4) is 0 Å². The number of piperidine rings is 2. The van der Waals surface area contributed by atoms with E-state index in [1.807, 2.05) is 10.7 Å². The van der Waals surface area contributed by atoms with Crippen molar-refractivity contribution in [3.05, 3.63) is 50.4 Å². The molecule has 1 atom stereocenters. The second kappa shape index (κ2) is 12.6. The van der Waals surface area contributed by atoms with Crippen molar-refractivity contribution in [3.63, 3.8) is 0 Å². The lowest BCUT2D eigenvalue weighted by Gasteiger charge is -2.35. The van der Waals surface area contributed by atoms with Gasteiger partial charge in [0, 0.05) is 32.2 Å². The maximum atomic E-state index is 12.9. The van der Waals surface area contributed by atoms with E-state index >= 15 is 0 Å². The maximum absolute atomic E-state index is 12.9. The number of rotatable bonds is 6.